The summed E-state index contributed by atoms with van der Waals surface area (Å²) < 4.78 is 11.7. The van der Waals surface area contributed by atoms with Crippen molar-refractivity contribution in [2.45, 2.75) is 19.3 Å². The summed E-state index contributed by atoms with van der Waals surface area (Å²) in [5.41, 5.74) is 1.21. The van der Waals surface area contributed by atoms with E-state index in [0.29, 0.717) is 6.42 Å². The Balaban J connectivity index is 2.25. The van der Waals surface area contributed by atoms with Crippen molar-refractivity contribution >= 4 is 6.08 Å². The van der Waals surface area contributed by atoms with Crippen molar-refractivity contribution in [3.63, 3.8) is 0 Å². The van der Waals surface area contributed by atoms with E-state index in [1.54, 1.807) is 0 Å². The molecule has 0 amide bonds. The largest absolute Gasteiger partial charge is 0.251 e. The first kappa shape index (κ1) is 9.97. The van der Waals surface area contributed by atoms with Gasteiger partial charge in [-0.25, -0.2) is 0 Å². The van der Waals surface area contributed by atoms with Gasteiger partial charge in [0.1, 0.15) is 0 Å². The molecule has 0 radical (unpaired) electrons. The fourth-order valence-electron chi connectivity index (χ4n) is 1.14. The van der Waals surface area contributed by atoms with E-state index < -0.39 is 0 Å². The number of rotatable bonds is 5. The van der Waals surface area contributed by atoms with Crippen LogP contribution in [0.15, 0.2) is 36.4 Å². The Labute approximate surface area is 79.1 Å². The molecule has 0 fully saturated rings. The van der Waals surface area contributed by atoms with Crippen LogP contribution in [0.1, 0.15) is 24.8 Å². The molecule has 0 bridgehead atoms. The van der Waals surface area contributed by atoms with Crippen molar-refractivity contribution in [3.05, 3.63) is 42.0 Å². The van der Waals surface area contributed by atoms with Crippen LogP contribution in [0.5, 0.6) is 0 Å². The molecule has 0 aromatic heterocycles. The summed E-state index contributed by atoms with van der Waals surface area (Å²) in [4.78, 5) is 0. The molecule has 0 spiro atoms. The lowest BCUT2D eigenvalue weighted by Crippen LogP contribution is -1.75. The monoisotopic (exact) mass is 178 g/mol. The highest BCUT2D eigenvalue weighted by molar-refractivity contribution is 5.48. The predicted molar refractivity (Wildman–Crippen MR) is 55.3 cm³/mol. The van der Waals surface area contributed by atoms with Crippen LogP contribution in [0, 0.1) is 0 Å². The van der Waals surface area contributed by atoms with Gasteiger partial charge in [-0.15, -0.1) is 0 Å². The van der Waals surface area contributed by atoms with Gasteiger partial charge in [0.25, 0.3) is 0 Å². The Morgan fingerprint density at radius 2 is 1.85 bits per heavy atom. The quantitative estimate of drug-likeness (QED) is 0.601. The van der Waals surface area contributed by atoms with E-state index >= 15 is 0 Å². The van der Waals surface area contributed by atoms with Crippen molar-refractivity contribution in [1.29, 1.82) is 0 Å². The number of halogens is 1. The van der Waals surface area contributed by atoms with Crippen molar-refractivity contribution < 1.29 is 4.39 Å². The average Bonchev–Trinajstić information content (AvgIpc) is 2.19. The predicted octanol–water partition coefficient (Wildman–Crippen LogP) is 3.84. The van der Waals surface area contributed by atoms with Gasteiger partial charge < -0.3 is 0 Å². The molecule has 0 saturated heterocycles. The molecule has 13 heavy (non-hydrogen) atoms. The molecule has 0 aliphatic carbocycles. The zero-order valence-electron chi connectivity index (χ0n) is 7.75. The number of hydrogen-bond acceptors (Lipinski definition) is 0. The molecule has 0 N–H and O–H groups in total. The van der Waals surface area contributed by atoms with Crippen LogP contribution in [0.3, 0.4) is 0 Å². The van der Waals surface area contributed by atoms with Crippen LogP contribution < -0.4 is 0 Å². The first-order chi connectivity index (χ1) is 6.43. The van der Waals surface area contributed by atoms with E-state index in [9.17, 15) is 4.39 Å². The van der Waals surface area contributed by atoms with Crippen molar-refractivity contribution in [3.8, 4) is 0 Å². The Morgan fingerprint density at radius 1 is 1.08 bits per heavy atom. The smallest absolute Gasteiger partial charge is 0.0894 e. The summed E-state index contributed by atoms with van der Waals surface area (Å²) >= 11 is 0. The second kappa shape index (κ2) is 6.41. The fourth-order valence-corrected chi connectivity index (χ4v) is 1.14. The highest BCUT2D eigenvalue weighted by Gasteiger charge is 1.84. The molecule has 0 saturated carbocycles. The second-order valence-corrected chi connectivity index (χ2v) is 3.00. The molecular weight excluding hydrogens is 163 g/mol. The minimum atomic E-state index is -0.195. The van der Waals surface area contributed by atoms with E-state index in [1.165, 1.54) is 5.56 Å². The van der Waals surface area contributed by atoms with E-state index in [1.807, 2.05) is 18.2 Å². The number of benzene rings is 1. The highest BCUT2D eigenvalue weighted by atomic mass is 19.1. The van der Waals surface area contributed by atoms with Crippen LogP contribution >= 0.6 is 0 Å². The Kier molecular flexibility index (Phi) is 4.92. The summed E-state index contributed by atoms with van der Waals surface area (Å²) in [6.45, 7) is -0.195. The fraction of sp³-hybridized carbons (Fsp3) is 0.333. The maximum atomic E-state index is 11.7. The zero-order valence-corrected chi connectivity index (χ0v) is 7.75. The Hall–Kier alpha value is -1.11. The molecule has 1 heteroatoms. The van der Waals surface area contributed by atoms with Gasteiger partial charge in [0, 0.05) is 0 Å². The van der Waals surface area contributed by atoms with Gasteiger partial charge in [-0.3, -0.25) is 4.39 Å². The van der Waals surface area contributed by atoms with Gasteiger partial charge in [-0.05, 0) is 24.8 Å². The molecule has 0 nitrogen and oxygen atoms in total. The first-order valence-corrected chi connectivity index (χ1v) is 4.71. The molecule has 0 aliphatic heterocycles. The normalized spacial score (nSPS) is 10.8. The van der Waals surface area contributed by atoms with Crippen LogP contribution in [0.4, 0.5) is 4.39 Å². The summed E-state index contributed by atoms with van der Waals surface area (Å²) in [6.07, 6.45) is 6.78. The maximum absolute atomic E-state index is 11.7. The number of allylic oxidation sites excluding steroid dienone is 1. The summed E-state index contributed by atoms with van der Waals surface area (Å²) in [7, 11) is 0. The number of unbranched alkanes of at least 4 members (excludes halogenated alkanes) is 2. The van der Waals surface area contributed by atoms with E-state index in [4.69, 9.17) is 0 Å². The molecule has 1 aromatic carbocycles. The van der Waals surface area contributed by atoms with Crippen LogP contribution in [-0.4, -0.2) is 6.67 Å². The summed E-state index contributed by atoms with van der Waals surface area (Å²) in [5.74, 6) is 0. The minimum Gasteiger partial charge on any atom is -0.251 e. The molecule has 1 aromatic rings. The summed E-state index contributed by atoms with van der Waals surface area (Å²) in [5, 5.41) is 0. The molecular formula is C12H15F. The third-order valence-corrected chi connectivity index (χ3v) is 1.86. The van der Waals surface area contributed by atoms with E-state index in [0.717, 1.165) is 12.8 Å². The lowest BCUT2D eigenvalue weighted by atomic mass is 10.2. The maximum Gasteiger partial charge on any atom is 0.0894 e. The van der Waals surface area contributed by atoms with Gasteiger partial charge >= 0.3 is 0 Å². The Morgan fingerprint density at radius 3 is 2.54 bits per heavy atom. The van der Waals surface area contributed by atoms with Gasteiger partial charge in [-0.2, -0.15) is 0 Å². The molecule has 0 unspecified atom stereocenters. The van der Waals surface area contributed by atoms with Crippen LogP contribution in [-0.2, 0) is 0 Å². The Bertz CT molecular complexity index is 239. The SMILES string of the molecule is FCCCCC=Cc1ccccc1. The standard InChI is InChI=1S/C12H15F/c13-11-7-2-1-4-8-12-9-5-3-6-10-12/h3-6,8-10H,1-2,7,11H2. The highest BCUT2D eigenvalue weighted by Crippen LogP contribution is 2.04. The molecule has 70 valence electrons. The topological polar surface area (TPSA) is 0 Å². The van der Waals surface area contributed by atoms with Gasteiger partial charge in [0.05, 0.1) is 6.67 Å². The lowest BCUT2D eigenvalue weighted by molar-refractivity contribution is 0.463. The van der Waals surface area contributed by atoms with Crippen molar-refractivity contribution in [2.24, 2.45) is 0 Å². The van der Waals surface area contributed by atoms with Crippen molar-refractivity contribution in [1.82, 2.24) is 0 Å². The van der Waals surface area contributed by atoms with E-state index in [-0.39, 0.29) is 6.67 Å². The average molecular weight is 178 g/mol. The molecule has 0 atom stereocenters. The van der Waals surface area contributed by atoms with E-state index in [2.05, 4.69) is 24.3 Å². The number of hydrogen-bond donors (Lipinski definition) is 0. The van der Waals surface area contributed by atoms with Gasteiger partial charge in [0.15, 0.2) is 0 Å². The lowest BCUT2D eigenvalue weighted by Gasteiger charge is -1.92. The number of alkyl halides is 1. The van der Waals surface area contributed by atoms with Gasteiger partial charge in [0.2, 0.25) is 0 Å². The third kappa shape index (κ3) is 4.46. The second-order valence-electron chi connectivity index (χ2n) is 3.00. The zero-order chi connectivity index (χ0) is 9.36. The molecule has 0 heterocycles. The first-order valence-electron chi connectivity index (χ1n) is 4.71. The third-order valence-electron chi connectivity index (χ3n) is 1.86. The summed E-state index contributed by atoms with van der Waals surface area (Å²) in [6, 6.07) is 10.2. The van der Waals surface area contributed by atoms with Crippen molar-refractivity contribution in [2.75, 3.05) is 6.67 Å². The van der Waals surface area contributed by atoms with Gasteiger partial charge in [-0.1, -0.05) is 42.5 Å². The van der Waals surface area contributed by atoms with Crippen LogP contribution in [0.25, 0.3) is 6.08 Å². The molecule has 0 aliphatic rings. The molecule has 1 rings (SSSR count). The minimum absolute atomic E-state index is 0.195. The van der Waals surface area contributed by atoms with Crippen LogP contribution in [0.2, 0.25) is 0 Å².